The topological polar surface area (TPSA) is 82.3 Å². The molecule has 6 heteroatoms. The Bertz CT molecular complexity index is 469. The zero-order chi connectivity index (χ0) is 13.2. The molecule has 0 radical (unpaired) electrons. The fourth-order valence-electron chi connectivity index (χ4n) is 2.11. The van der Waals surface area contributed by atoms with E-state index < -0.39 is 0 Å². The van der Waals surface area contributed by atoms with Crippen LogP contribution in [0.3, 0.4) is 0 Å². The minimum atomic E-state index is -0.377. The number of anilines is 1. The van der Waals surface area contributed by atoms with Gasteiger partial charge in [0.1, 0.15) is 11.8 Å². The van der Waals surface area contributed by atoms with Gasteiger partial charge in [-0.2, -0.15) is 5.26 Å². The molecule has 1 aromatic heterocycles. The molecule has 1 aromatic rings. The van der Waals surface area contributed by atoms with E-state index in [-0.39, 0.29) is 18.3 Å². The van der Waals surface area contributed by atoms with Gasteiger partial charge in [0.25, 0.3) is 0 Å². The summed E-state index contributed by atoms with van der Waals surface area (Å²) < 4.78 is 5.72. The van der Waals surface area contributed by atoms with Gasteiger partial charge in [-0.1, -0.05) is 0 Å². The van der Waals surface area contributed by atoms with Crippen molar-refractivity contribution in [3.63, 3.8) is 0 Å². The van der Waals surface area contributed by atoms with Crippen LogP contribution in [-0.2, 0) is 4.74 Å². The Balaban J connectivity index is 2.23. The maximum Gasteiger partial charge on any atom is 0.226 e. The van der Waals surface area contributed by atoms with Gasteiger partial charge in [0.05, 0.1) is 18.3 Å². The molecule has 1 unspecified atom stereocenters. The molecule has 1 aliphatic heterocycles. The van der Waals surface area contributed by atoms with E-state index in [9.17, 15) is 5.11 Å². The Morgan fingerprint density at radius 2 is 2.44 bits per heavy atom. The summed E-state index contributed by atoms with van der Waals surface area (Å²) in [5, 5.41) is 18.1. The molecule has 96 valence electrons. The standard InChI is InChI=1S/C12H16N4O2/c1-12(2)8-16(6-10(7-17)18-12)11-14-4-3-9(5-13)15-11/h3-4,10,17H,6-8H2,1-2H3. The van der Waals surface area contributed by atoms with Gasteiger partial charge in [0.15, 0.2) is 0 Å². The Hall–Kier alpha value is -1.71. The minimum absolute atomic E-state index is 0.0438. The fraction of sp³-hybridized carbons (Fsp3) is 0.583. The minimum Gasteiger partial charge on any atom is -0.394 e. The van der Waals surface area contributed by atoms with E-state index in [0.717, 1.165) is 0 Å². The molecule has 0 amide bonds. The van der Waals surface area contributed by atoms with Crippen LogP contribution in [0.5, 0.6) is 0 Å². The van der Waals surface area contributed by atoms with Crippen molar-refractivity contribution in [3.05, 3.63) is 18.0 Å². The van der Waals surface area contributed by atoms with Crippen LogP contribution in [0.15, 0.2) is 12.3 Å². The first-order valence-electron chi connectivity index (χ1n) is 5.81. The molecule has 1 saturated heterocycles. The van der Waals surface area contributed by atoms with Gasteiger partial charge in [-0.05, 0) is 19.9 Å². The lowest BCUT2D eigenvalue weighted by atomic mass is 10.1. The molecule has 0 aliphatic carbocycles. The molecule has 0 saturated carbocycles. The fourth-order valence-corrected chi connectivity index (χ4v) is 2.11. The predicted octanol–water partition coefficient (Wildman–Crippen LogP) is 0.324. The molecule has 0 bridgehead atoms. The van der Waals surface area contributed by atoms with Crippen molar-refractivity contribution in [3.8, 4) is 6.07 Å². The first kappa shape index (κ1) is 12.7. The van der Waals surface area contributed by atoms with E-state index in [2.05, 4.69) is 9.97 Å². The van der Waals surface area contributed by atoms with Crippen molar-refractivity contribution in [1.29, 1.82) is 5.26 Å². The molecular weight excluding hydrogens is 232 g/mol. The lowest BCUT2D eigenvalue weighted by molar-refractivity contribution is -0.101. The Morgan fingerprint density at radius 3 is 3.11 bits per heavy atom. The number of hydrogen-bond acceptors (Lipinski definition) is 6. The monoisotopic (exact) mass is 248 g/mol. The largest absolute Gasteiger partial charge is 0.394 e. The second-order valence-corrected chi connectivity index (χ2v) is 4.92. The molecule has 1 atom stereocenters. The molecule has 1 fully saturated rings. The lowest BCUT2D eigenvalue weighted by Gasteiger charge is -2.42. The summed E-state index contributed by atoms with van der Waals surface area (Å²) in [6.07, 6.45) is 1.31. The lowest BCUT2D eigenvalue weighted by Crippen LogP contribution is -2.54. The quantitative estimate of drug-likeness (QED) is 0.812. The van der Waals surface area contributed by atoms with Crippen molar-refractivity contribution in [2.24, 2.45) is 0 Å². The van der Waals surface area contributed by atoms with E-state index in [4.69, 9.17) is 10.00 Å². The molecule has 2 rings (SSSR count). The summed E-state index contributed by atoms with van der Waals surface area (Å²) in [4.78, 5) is 10.3. The van der Waals surface area contributed by atoms with E-state index >= 15 is 0 Å². The second kappa shape index (κ2) is 4.88. The van der Waals surface area contributed by atoms with Crippen LogP contribution in [0.1, 0.15) is 19.5 Å². The zero-order valence-electron chi connectivity index (χ0n) is 10.5. The number of hydrogen-bond donors (Lipinski definition) is 1. The van der Waals surface area contributed by atoms with Crippen molar-refractivity contribution < 1.29 is 9.84 Å². The average Bonchev–Trinajstić information content (AvgIpc) is 2.37. The summed E-state index contributed by atoms with van der Waals surface area (Å²) in [6.45, 7) is 5.01. The summed E-state index contributed by atoms with van der Waals surface area (Å²) in [7, 11) is 0. The third-order valence-electron chi connectivity index (χ3n) is 2.73. The first-order valence-corrected chi connectivity index (χ1v) is 5.81. The Labute approximate surface area is 106 Å². The van der Waals surface area contributed by atoms with Crippen LogP contribution in [0, 0.1) is 11.3 Å². The summed E-state index contributed by atoms with van der Waals surface area (Å²) in [5.41, 5.74) is -0.0395. The maximum atomic E-state index is 9.24. The highest BCUT2D eigenvalue weighted by atomic mass is 16.5. The Morgan fingerprint density at radius 1 is 1.67 bits per heavy atom. The van der Waals surface area contributed by atoms with E-state index in [1.807, 2.05) is 24.8 Å². The van der Waals surface area contributed by atoms with Gasteiger partial charge < -0.3 is 14.7 Å². The van der Waals surface area contributed by atoms with Gasteiger partial charge in [-0.25, -0.2) is 9.97 Å². The molecule has 2 heterocycles. The molecule has 0 aromatic carbocycles. The van der Waals surface area contributed by atoms with Crippen molar-refractivity contribution in [1.82, 2.24) is 9.97 Å². The smallest absolute Gasteiger partial charge is 0.226 e. The number of rotatable bonds is 2. The van der Waals surface area contributed by atoms with Gasteiger partial charge in [0, 0.05) is 19.3 Å². The first-order chi connectivity index (χ1) is 8.54. The molecule has 0 spiro atoms. The zero-order valence-corrected chi connectivity index (χ0v) is 10.5. The molecule has 18 heavy (non-hydrogen) atoms. The van der Waals surface area contributed by atoms with Crippen LogP contribution in [0.25, 0.3) is 0 Å². The number of ether oxygens (including phenoxy) is 1. The number of nitriles is 1. The third kappa shape index (κ3) is 2.75. The highest BCUT2D eigenvalue weighted by molar-refractivity contribution is 5.35. The molecule has 1 aliphatic rings. The van der Waals surface area contributed by atoms with Crippen LogP contribution >= 0.6 is 0 Å². The SMILES string of the molecule is CC1(C)CN(c2nccc(C#N)n2)CC(CO)O1. The average molecular weight is 248 g/mol. The van der Waals surface area contributed by atoms with Gasteiger partial charge in [0.2, 0.25) is 5.95 Å². The normalized spacial score (nSPS) is 22.6. The Kier molecular flexibility index (Phi) is 3.45. The van der Waals surface area contributed by atoms with E-state index in [1.165, 1.54) is 0 Å². The van der Waals surface area contributed by atoms with Gasteiger partial charge in [-0.15, -0.1) is 0 Å². The van der Waals surface area contributed by atoms with Gasteiger partial charge >= 0.3 is 0 Å². The summed E-state index contributed by atoms with van der Waals surface area (Å²) >= 11 is 0. The molecular formula is C12H16N4O2. The summed E-state index contributed by atoms with van der Waals surface area (Å²) in [6, 6.07) is 3.56. The van der Waals surface area contributed by atoms with Crippen molar-refractivity contribution >= 4 is 5.95 Å². The molecule has 6 nitrogen and oxygen atoms in total. The van der Waals surface area contributed by atoms with Crippen molar-refractivity contribution in [2.75, 3.05) is 24.6 Å². The third-order valence-corrected chi connectivity index (χ3v) is 2.73. The number of morpholine rings is 1. The van der Waals surface area contributed by atoms with Crippen LogP contribution in [0.4, 0.5) is 5.95 Å². The van der Waals surface area contributed by atoms with Crippen LogP contribution < -0.4 is 4.90 Å². The van der Waals surface area contributed by atoms with Gasteiger partial charge in [-0.3, -0.25) is 0 Å². The number of nitrogens with zero attached hydrogens (tertiary/aromatic N) is 4. The molecule has 1 N–H and O–H groups in total. The number of aromatic nitrogens is 2. The number of aliphatic hydroxyl groups excluding tert-OH is 1. The summed E-state index contributed by atoms with van der Waals surface area (Å²) in [5.74, 6) is 0.504. The van der Waals surface area contributed by atoms with E-state index in [0.29, 0.717) is 24.7 Å². The van der Waals surface area contributed by atoms with Crippen LogP contribution in [0.2, 0.25) is 0 Å². The second-order valence-electron chi connectivity index (χ2n) is 4.92. The number of aliphatic hydroxyl groups is 1. The predicted molar refractivity (Wildman–Crippen MR) is 65.0 cm³/mol. The van der Waals surface area contributed by atoms with Crippen LogP contribution in [-0.4, -0.2) is 46.5 Å². The highest BCUT2D eigenvalue weighted by Gasteiger charge is 2.34. The maximum absolute atomic E-state index is 9.24. The van der Waals surface area contributed by atoms with E-state index in [1.54, 1.807) is 12.3 Å². The van der Waals surface area contributed by atoms with Crippen molar-refractivity contribution in [2.45, 2.75) is 25.6 Å². The highest BCUT2D eigenvalue weighted by Crippen LogP contribution is 2.23.